The van der Waals surface area contributed by atoms with Crippen molar-refractivity contribution in [2.24, 2.45) is 40.9 Å². The minimum Gasteiger partial charge on any atom is -0.390 e. The highest BCUT2D eigenvalue weighted by Crippen LogP contribution is 2.64. The Kier molecular flexibility index (Phi) is 5.01. The van der Waals surface area contributed by atoms with Gasteiger partial charge in [0, 0.05) is 12.1 Å². The van der Waals surface area contributed by atoms with Crippen molar-refractivity contribution in [3.05, 3.63) is 16.9 Å². The van der Waals surface area contributed by atoms with Crippen LogP contribution in [0.2, 0.25) is 0 Å². The monoisotopic (exact) mass is 462 g/mol. The fourth-order valence-corrected chi connectivity index (χ4v) is 8.63. The zero-order chi connectivity index (χ0) is 20.4. The van der Waals surface area contributed by atoms with Crippen LogP contribution in [0.4, 0.5) is 0 Å². The number of carbonyl (C=O) groups is 1. The second-order valence-electron chi connectivity index (χ2n) is 11.2. The van der Waals surface area contributed by atoms with Gasteiger partial charge < -0.3 is 5.11 Å². The summed E-state index contributed by atoms with van der Waals surface area (Å²) in [5, 5.41) is 14.9. The first kappa shape index (κ1) is 20.2. The van der Waals surface area contributed by atoms with Crippen LogP contribution in [0.15, 0.2) is 16.9 Å². The Morgan fingerprint density at radius 3 is 2.69 bits per heavy atom. The predicted octanol–water partition coefficient (Wildman–Crippen LogP) is 5.23. The Bertz CT molecular complexity index is 790. The molecule has 1 N–H and O–H groups in total. The number of Topliss-reactive ketones (excluding diaryl/α,β-unsaturated/α-hetero) is 1. The molecule has 0 unspecified atom stereocenters. The SMILES string of the molecule is C[C@@]1(O)CC[C@H]2[C@@H](CC[C@@H]3[C@@H]2CC[C@]2(C)[C@@H](C(=O)Cn4cc(Br)cn4)CC[C@@H]32)C1. The highest BCUT2D eigenvalue weighted by atomic mass is 79.9. The topological polar surface area (TPSA) is 55.1 Å². The van der Waals surface area contributed by atoms with Gasteiger partial charge in [-0.3, -0.25) is 9.48 Å². The van der Waals surface area contributed by atoms with Crippen LogP contribution in [-0.4, -0.2) is 26.3 Å². The standard InChI is InChI=1S/C24H35BrN2O2/c1-23(29)9-7-17-15(11-23)3-4-19-18(17)8-10-24(2)20(19)5-6-21(24)22(28)14-27-13-16(25)12-26-27/h12-13,15,17-21,29H,3-11,14H2,1-2H3/t15-,17-,18+,19+,20-,21+,23+,24-/m0/s1. The van der Waals surface area contributed by atoms with Gasteiger partial charge in [0.15, 0.2) is 5.78 Å². The summed E-state index contributed by atoms with van der Waals surface area (Å²) in [4.78, 5) is 13.2. The summed E-state index contributed by atoms with van der Waals surface area (Å²) in [6.07, 6.45) is 14.2. The number of carbonyl (C=O) groups excluding carboxylic acids is 1. The van der Waals surface area contributed by atoms with Crippen molar-refractivity contribution in [2.75, 3.05) is 0 Å². The van der Waals surface area contributed by atoms with Crippen molar-refractivity contribution < 1.29 is 9.90 Å². The van der Waals surface area contributed by atoms with Crippen molar-refractivity contribution in [1.82, 2.24) is 9.78 Å². The minimum atomic E-state index is -0.441. The van der Waals surface area contributed by atoms with E-state index in [1.807, 2.05) is 13.1 Å². The van der Waals surface area contributed by atoms with Crippen LogP contribution in [0.3, 0.4) is 0 Å². The molecule has 160 valence electrons. The van der Waals surface area contributed by atoms with Gasteiger partial charge in [0.25, 0.3) is 0 Å². The molecule has 0 amide bonds. The van der Waals surface area contributed by atoms with Crippen LogP contribution >= 0.6 is 15.9 Å². The fraction of sp³-hybridized carbons (Fsp3) is 0.833. The predicted molar refractivity (Wildman–Crippen MR) is 116 cm³/mol. The van der Waals surface area contributed by atoms with E-state index in [-0.39, 0.29) is 11.3 Å². The molecule has 0 aliphatic heterocycles. The first-order chi connectivity index (χ1) is 13.8. The summed E-state index contributed by atoms with van der Waals surface area (Å²) in [5.41, 5.74) is -0.265. The van der Waals surface area contributed by atoms with Crippen molar-refractivity contribution in [3.8, 4) is 0 Å². The molecule has 1 aromatic heterocycles. The van der Waals surface area contributed by atoms with E-state index in [1.54, 1.807) is 10.9 Å². The molecule has 4 fully saturated rings. The van der Waals surface area contributed by atoms with Crippen molar-refractivity contribution in [2.45, 2.75) is 83.8 Å². The molecule has 8 atom stereocenters. The lowest BCUT2D eigenvalue weighted by atomic mass is 9.49. The highest BCUT2D eigenvalue weighted by Gasteiger charge is 2.58. The lowest BCUT2D eigenvalue weighted by Crippen LogP contribution is -2.51. The van der Waals surface area contributed by atoms with Gasteiger partial charge in [-0.25, -0.2) is 0 Å². The number of hydrogen-bond donors (Lipinski definition) is 1. The summed E-state index contributed by atoms with van der Waals surface area (Å²) in [5.74, 6) is 4.46. The van der Waals surface area contributed by atoms with Crippen LogP contribution in [-0.2, 0) is 11.3 Å². The van der Waals surface area contributed by atoms with Crippen molar-refractivity contribution in [3.63, 3.8) is 0 Å². The first-order valence-corrected chi connectivity index (χ1v) is 12.5. The van der Waals surface area contributed by atoms with Crippen LogP contribution in [0.5, 0.6) is 0 Å². The molecule has 1 heterocycles. The van der Waals surface area contributed by atoms with Gasteiger partial charge in [0.05, 0.1) is 22.8 Å². The molecule has 0 bridgehead atoms. The number of halogens is 1. The van der Waals surface area contributed by atoms with Crippen molar-refractivity contribution >= 4 is 21.7 Å². The summed E-state index contributed by atoms with van der Waals surface area (Å²) < 4.78 is 2.72. The lowest BCUT2D eigenvalue weighted by molar-refractivity contribution is -0.133. The molecule has 29 heavy (non-hydrogen) atoms. The summed E-state index contributed by atoms with van der Waals surface area (Å²) >= 11 is 3.43. The number of ketones is 1. The Hall–Kier alpha value is -0.680. The van der Waals surface area contributed by atoms with Crippen molar-refractivity contribution in [1.29, 1.82) is 0 Å². The molecule has 4 aliphatic carbocycles. The van der Waals surface area contributed by atoms with Crippen LogP contribution in [0.25, 0.3) is 0 Å². The molecule has 0 aromatic carbocycles. The highest BCUT2D eigenvalue weighted by molar-refractivity contribution is 9.10. The van der Waals surface area contributed by atoms with E-state index in [0.717, 1.165) is 47.4 Å². The quantitative estimate of drug-likeness (QED) is 0.668. The van der Waals surface area contributed by atoms with Gasteiger partial charge in [-0.15, -0.1) is 0 Å². The molecule has 0 radical (unpaired) electrons. The van der Waals surface area contributed by atoms with E-state index >= 15 is 0 Å². The third-order valence-corrected chi connectivity index (χ3v) is 9.95. The summed E-state index contributed by atoms with van der Waals surface area (Å²) in [6, 6.07) is 0. The maximum atomic E-state index is 13.2. The number of nitrogens with zero attached hydrogens (tertiary/aromatic N) is 2. The first-order valence-electron chi connectivity index (χ1n) is 11.7. The smallest absolute Gasteiger partial charge is 0.157 e. The third kappa shape index (κ3) is 3.44. The van der Waals surface area contributed by atoms with E-state index in [0.29, 0.717) is 18.2 Å². The Labute approximate surface area is 183 Å². The second kappa shape index (κ2) is 7.19. The normalized spacial score (nSPS) is 46.6. The number of hydrogen-bond acceptors (Lipinski definition) is 3. The van der Waals surface area contributed by atoms with Gasteiger partial charge in [-0.05, 0) is 116 Å². The molecule has 5 rings (SSSR count). The summed E-state index contributed by atoms with van der Waals surface area (Å²) in [7, 11) is 0. The van der Waals surface area contributed by atoms with Gasteiger partial charge in [0.1, 0.15) is 0 Å². The minimum absolute atomic E-state index is 0.176. The van der Waals surface area contributed by atoms with Crippen LogP contribution < -0.4 is 0 Å². The number of rotatable bonds is 3. The molecule has 4 nitrogen and oxygen atoms in total. The van der Waals surface area contributed by atoms with Crippen LogP contribution in [0.1, 0.15) is 71.6 Å². The maximum absolute atomic E-state index is 13.2. The molecule has 0 spiro atoms. The third-order valence-electron chi connectivity index (χ3n) is 9.55. The van der Waals surface area contributed by atoms with Crippen LogP contribution in [0, 0.1) is 40.9 Å². The van der Waals surface area contributed by atoms with E-state index in [4.69, 9.17) is 0 Å². The maximum Gasteiger partial charge on any atom is 0.157 e. The summed E-state index contributed by atoms with van der Waals surface area (Å²) in [6.45, 7) is 4.88. The average molecular weight is 463 g/mol. The lowest BCUT2D eigenvalue weighted by Gasteiger charge is -2.56. The molecule has 5 heteroatoms. The van der Waals surface area contributed by atoms with E-state index in [2.05, 4.69) is 28.0 Å². The largest absolute Gasteiger partial charge is 0.390 e. The Morgan fingerprint density at radius 2 is 1.93 bits per heavy atom. The van der Waals surface area contributed by atoms with Gasteiger partial charge in [0.2, 0.25) is 0 Å². The molecular formula is C24H35BrN2O2. The second-order valence-corrected chi connectivity index (χ2v) is 12.1. The molecule has 4 aliphatic rings. The van der Waals surface area contributed by atoms with Gasteiger partial charge >= 0.3 is 0 Å². The molecule has 4 saturated carbocycles. The Morgan fingerprint density at radius 1 is 1.14 bits per heavy atom. The zero-order valence-corrected chi connectivity index (χ0v) is 19.4. The van der Waals surface area contributed by atoms with E-state index < -0.39 is 5.60 Å². The zero-order valence-electron chi connectivity index (χ0n) is 17.8. The Balaban J connectivity index is 1.31. The number of aromatic nitrogens is 2. The van der Waals surface area contributed by atoms with Gasteiger partial charge in [-0.2, -0.15) is 5.10 Å². The molecular weight excluding hydrogens is 428 g/mol. The van der Waals surface area contributed by atoms with E-state index in [9.17, 15) is 9.90 Å². The van der Waals surface area contributed by atoms with E-state index in [1.165, 1.54) is 38.5 Å². The number of fused-ring (bicyclic) bond motifs is 5. The molecule has 1 aromatic rings. The average Bonchev–Trinajstić information content (AvgIpc) is 3.22. The fourth-order valence-electron chi connectivity index (χ4n) is 8.31. The number of aliphatic hydroxyl groups is 1. The molecule has 0 saturated heterocycles. The van der Waals surface area contributed by atoms with Gasteiger partial charge in [-0.1, -0.05) is 6.92 Å².